The van der Waals surface area contributed by atoms with Gasteiger partial charge in [-0.3, -0.25) is 0 Å². The van der Waals surface area contributed by atoms with Crippen molar-refractivity contribution in [1.29, 1.82) is 0 Å². The average Bonchev–Trinajstić information content (AvgIpc) is 1.57. The van der Waals surface area contributed by atoms with Crippen LogP contribution < -0.4 is 9.80 Å². The maximum atomic E-state index is 2.34. The first-order chi connectivity index (χ1) is 46.6. The first-order valence-electron chi connectivity index (χ1n) is 31.9. The van der Waals surface area contributed by atoms with E-state index in [0.29, 0.717) is 0 Å². The predicted molar refractivity (Wildman–Crippen MR) is 406 cm³/mol. The molecule has 0 N–H and O–H groups in total. The number of hydrogen-bond donors (Lipinski definition) is 0. The molecule has 444 valence electrons. The zero-order valence-electron chi connectivity index (χ0n) is 51.5. The van der Waals surface area contributed by atoms with Crippen molar-refractivity contribution in [2.24, 2.45) is 0 Å². The molecule has 0 fully saturated rings. The van der Waals surface area contributed by atoms with E-state index in [-0.39, 0.29) is 0 Å². The number of rotatable bonds is 13. The molecule has 17 aromatic rings. The summed E-state index contributed by atoms with van der Waals surface area (Å²) in [6.07, 6.45) is 0. The van der Waals surface area contributed by atoms with E-state index in [2.05, 4.69) is 386 Å². The third kappa shape index (κ3) is 11.9. The molecule has 94 heavy (non-hydrogen) atoms. The molecule has 2 aromatic heterocycles. The lowest BCUT2D eigenvalue weighted by Crippen LogP contribution is -2.09. The molecular formula is C90H62N2S2. The number of anilines is 6. The van der Waals surface area contributed by atoms with Gasteiger partial charge in [-0.25, -0.2) is 0 Å². The summed E-state index contributed by atoms with van der Waals surface area (Å²) in [6, 6.07) is 135. The topological polar surface area (TPSA) is 6.48 Å². The minimum absolute atomic E-state index is 1.12. The Labute approximate surface area is 557 Å². The Kier molecular flexibility index (Phi) is 15.8. The van der Waals surface area contributed by atoms with Crippen LogP contribution in [0, 0.1) is 0 Å². The third-order valence-corrected chi connectivity index (χ3v) is 20.1. The van der Waals surface area contributed by atoms with Crippen LogP contribution in [0.3, 0.4) is 0 Å². The number of nitrogens with zero attached hydrogens (tertiary/aromatic N) is 2. The Balaban J connectivity index is 0.000000150. The zero-order valence-corrected chi connectivity index (χ0v) is 53.1. The Morgan fingerprint density at radius 1 is 0.138 bits per heavy atom. The van der Waals surface area contributed by atoms with Gasteiger partial charge < -0.3 is 9.80 Å². The van der Waals surface area contributed by atoms with E-state index < -0.39 is 0 Å². The Hall–Kier alpha value is -11.7. The smallest absolute Gasteiger partial charge is 0.0462 e. The number of thiophene rings is 2. The Morgan fingerprint density at radius 3 is 0.617 bits per heavy atom. The van der Waals surface area contributed by atoms with Crippen molar-refractivity contribution in [2.75, 3.05) is 9.80 Å². The van der Waals surface area contributed by atoms with Gasteiger partial charge in [-0.15, -0.1) is 22.7 Å². The van der Waals surface area contributed by atoms with Crippen molar-refractivity contribution < 1.29 is 0 Å². The van der Waals surface area contributed by atoms with Gasteiger partial charge in [-0.05, 0) is 187 Å². The highest BCUT2D eigenvalue weighted by molar-refractivity contribution is 7.26. The summed E-state index contributed by atoms with van der Waals surface area (Å²) < 4.78 is 5.34. The minimum Gasteiger partial charge on any atom is -0.311 e. The van der Waals surface area contributed by atoms with Crippen LogP contribution in [0.5, 0.6) is 0 Å². The molecule has 0 aliphatic heterocycles. The normalized spacial score (nSPS) is 11.2. The lowest BCUT2D eigenvalue weighted by molar-refractivity contribution is 1.28. The molecule has 2 heterocycles. The Bertz CT molecular complexity index is 5400. The van der Waals surface area contributed by atoms with Gasteiger partial charge in [0.15, 0.2) is 0 Å². The van der Waals surface area contributed by atoms with Gasteiger partial charge in [-0.1, -0.05) is 267 Å². The van der Waals surface area contributed by atoms with Crippen LogP contribution in [0.1, 0.15) is 0 Å². The quantitative estimate of drug-likeness (QED) is 0.114. The minimum atomic E-state index is 1.12. The highest BCUT2D eigenvalue weighted by Gasteiger charge is 2.17. The molecule has 0 spiro atoms. The van der Waals surface area contributed by atoms with E-state index in [1.165, 1.54) is 118 Å². The van der Waals surface area contributed by atoms with Crippen molar-refractivity contribution in [3.63, 3.8) is 0 Å². The van der Waals surface area contributed by atoms with Crippen LogP contribution in [0.15, 0.2) is 376 Å². The fourth-order valence-electron chi connectivity index (χ4n) is 12.9. The molecule has 0 aliphatic carbocycles. The number of para-hydroxylation sites is 2. The van der Waals surface area contributed by atoms with Crippen LogP contribution in [-0.2, 0) is 0 Å². The van der Waals surface area contributed by atoms with Gasteiger partial charge in [0.2, 0.25) is 0 Å². The average molecular weight is 1240 g/mol. The second-order valence-electron chi connectivity index (χ2n) is 23.6. The standard InChI is InChI=1S/C48H33NS.C42H29NS/c1-3-9-34(10-4-1)35-15-17-36(18-16-35)38-23-28-43(29-24-38)49(42-11-5-2-6-12-42)44-30-25-39(26-31-44)37-19-21-40(22-20-37)41-27-32-48-46(33-41)45-13-7-8-14-47(45)50-48;1-3-9-30(10-4-1)31-15-17-32(18-16-31)33-19-24-37(25-20-33)43(36-11-5-2-6-12-36)38-26-21-34(22-27-38)35-23-28-42-40(29-35)39-13-7-8-14-41(39)44-42/h1-33H;1-29H. The number of hydrogen-bond acceptors (Lipinski definition) is 4. The molecule has 0 aliphatic rings. The molecule has 4 heteroatoms. The van der Waals surface area contributed by atoms with Crippen LogP contribution in [0.2, 0.25) is 0 Å². The molecule has 0 bridgehead atoms. The predicted octanol–water partition coefficient (Wildman–Crippen LogP) is 26.7. The highest BCUT2D eigenvalue weighted by Crippen LogP contribution is 2.42. The monoisotopic (exact) mass is 1230 g/mol. The van der Waals surface area contributed by atoms with E-state index in [9.17, 15) is 0 Å². The molecule has 2 nitrogen and oxygen atoms in total. The molecule has 17 rings (SSSR count). The largest absolute Gasteiger partial charge is 0.311 e. The lowest BCUT2D eigenvalue weighted by Gasteiger charge is -2.26. The molecule has 0 unspecified atom stereocenters. The molecule has 0 atom stereocenters. The first-order valence-corrected chi connectivity index (χ1v) is 33.6. The zero-order chi connectivity index (χ0) is 62.6. The third-order valence-electron chi connectivity index (χ3n) is 17.8. The van der Waals surface area contributed by atoms with E-state index in [1.807, 2.05) is 22.7 Å². The van der Waals surface area contributed by atoms with Gasteiger partial charge in [0.1, 0.15) is 0 Å². The summed E-state index contributed by atoms with van der Waals surface area (Å²) in [6.45, 7) is 0. The van der Waals surface area contributed by atoms with Gasteiger partial charge in [0, 0.05) is 74.5 Å². The van der Waals surface area contributed by atoms with E-state index in [0.717, 1.165) is 34.1 Å². The maximum Gasteiger partial charge on any atom is 0.0462 e. The van der Waals surface area contributed by atoms with Crippen molar-refractivity contribution in [1.82, 2.24) is 0 Å². The fourth-order valence-corrected chi connectivity index (χ4v) is 15.1. The molecule has 0 amide bonds. The second-order valence-corrected chi connectivity index (χ2v) is 25.8. The summed E-state index contributed by atoms with van der Waals surface area (Å²) in [5, 5.41) is 5.32. The number of fused-ring (bicyclic) bond motifs is 6. The molecule has 15 aromatic carbocycles. The van der Waals surface area contributed by atoms with E-state index >= 15 is 0 Å². The van der Waals surface area contributed by atoms with Crippen molar-refractivity contribution in [2.45, 2.75) is 0 Å². The summed E-state index contributed by atoms with van der Waals surface area (Å²) in [5.41, 5.74) is 23.8. The van der Waals surface area contributed by atoms with Gasteiger partial charge >= 0.3 is 0 Å². The SMILES string of the molecule is c1ccc(-c2ccc(-c3ccc(N(c4ccccc4)c4ccc(-c5ccc(-c6ccc7sc8ccccc8c7c6)cc5)cc4)cc3)cc2)cc1.c1ccc(-c2ccc(-c3ccc(N(c4ccccc4)c4ccc(-c5ccc6sc7ccccc7c6c5)cc4)cc3)cc2)cc1. The van der Waals surface area contributed by atoms with Gasteiger partial charge in [0.25, 0.3) is 0 Å². The molecule has 0 radical (unpaired) electrons. The van der Waals surface area contributed by atoms with Crippen molar-refractivity contribution in [3.8, 4) is 77.9 Å². The van der Waals surface area contributed by atoms with E-state index in [4.69, 9.17) is 0 Å². The molecule has 0 saturated carbocycles. The Morgan fingerprint density at radius 2 is 0.330 bits per heavy atom. The van der Waals surface area contributed by atoms with Crippen LogP contribution >= 0.6 is 22.7 Å². The van der Waals surface area contributed by atoms with Crippen molar-refractivity contribution >= 4 is 97.1 Å². The summed E-state index contributed by atoms with van der Waals surface area (Å²) >= 11 is 3.72. The van der Waals surface area contributed by atoms with Crippen LogP contribution in [0.25, 0.3) is 118 Å². The van der Waals surface area contributed by atoms with Crippen LogP contribution in [0.4, 0.5) is 34.1 Å². The van der Waals surface area contributed by atoms with Crippen molar-refractivity contribution in [3.05, 3.63) is 376 Å². The highest BCUT2D eigenvalue weighted by atomic mass is 32.1. The summed E-state index contributed by atoms with van der Waals surface area (Å²) in [5.74, 6) is 0. The van der Waals surface area contributed by atoms with Gasteiger partial charge in [0.05, 0.1) is 0 Å². The van der Waals surface area contributed by atoms with Crippen LogP contribution in [-0.4, -0.2) is 0 Å². The molecular weight excluding hydrogens is 1170 g/mol. The maximum absolute atomic E-state index is 2.34. The first kappa shape index (κ1) is 57.5. The molecule has 0 saturated heterocycles. The lowest BCUT2D eigenvalue weighted by atomic mass is 9.98. The fraction of sp³-hybridized carbons (Fsp3) is 0. The number of benzene rings is 15. The van der Waals surface area contributed by atoms with Gasteiger partial charge in [-0.2, -0.15) is 0 Å². The van der Waals surface area contributed by atoms with E-state index in [1.54, 1.807) is 0 Å². The summed E-state index contributed by atoms with van der Waals surface area (Å²) in [7, 11) is 0. The summed E-state index contributed by atoms with van der Waals surface area (Å²) in [4.78, 5) is 4.64. The second kappa shape index (κ2) is 25.9.